The minimum absolute atomic E-state index is 0.276. The van der Waals surface area contributed by atoms with E-state index in [1.165, 1.54) is 0 Å². The predicted octanol–water partition coefficient (Wildman–Crippen LogP) is 1.95. The van der Waals surface area contributed by atoms with Crippen LogP contribution in [0.5, 0.6) is 0 Å². The summed E-state index contributed by atoms with van der Waals surface area (Å²) in [5, 5.41) is 19.7. The summed E-state index contributed by atoms with van der Waals surface area (Å²) in [6, 6.07) is 4.76. The lowest BCUT2D eigenvalue weighted by Crippen LogP contribution is -2.19. The lowest BCUT2D eigenvalue weighted by molar-refractivity contribution is 0.0171. The fourth-order valence-electron chi connectivity index (χ4n) is 1.27. The number of aliphatic hydroxyl groups excluding tert-OH is 2. The molecule has 0 bridgehead atoms. The van der Waals surface area contributed by atoms with Gasteiger partial charge < -0.3 is 15.9 Å². The number of halogens is 2. The summed E-state index contributed by atoms with van der Waals surface area (Å²) in [5.74, 6) is 0.276. The van der Waals surface area contributed by atoms with Gasteiger partial charge in [0.2, 0.25) is 0 Å². The number of nitrogens with two attached hydrogens (primary N) is 1. The van der Waals surface area contributed by atoms with Crippen LogP contribution < -0.4 is 5.73 Å². The third kappa shape index (κ3) is 3.24. The molecule has 3 nitrogen and oxygen atoms in total. The van der Waals surface area contributed by atoms with Crippen LogP contribution in [-0.4, -0.2) is 22.2 Å². The van der Waals surface area contributed by atoms with Crippen molar-refractivity contribution in [2.75, 3.05) is 11.6 Å². The van der Waals surface area contributed by atoms with Gasteiger partial charge in [0.25, 0.3) is 0 Å². The Morgan fingerprint density at radius 3 is 2.60 bits per heavy atom. The van der Waals surface area contributed by atoms with Crippen molar-refractivity contribution >= 4 is 28.9 Å². The maximum Gasteiger partial charge on any atom is 0.106 e. The minimum atomic E-state index is -1.06. The van der Waals surface area contributed by atoms with Crippen molar-refractivity contribution in [3.63, 3.8) is 0 Å². The molecule has 2 unspecified atom stereocenters. The highest BCUT2D eigenvalue weighted by Crippen LogP contribution is 2.28. The first-order valence-electron chi connectivity index (χ1n) is 4.53. The average Bonchev–Trinajstić information content (AvgIpc) is 2.21. The molecule has 0 aliphatic heterocycles. The molecule has 0 aromatic heterocycles. The highest BCUT2D eigenvalue weighted by atomic mass is 35.5. The van der Waals surface area contributed by atoms with E-state index in [4.69, 9.17) is 28.9 Å². The Morgan fingerprint density at radius 2 is 2.00 bits per heavy atom. The summed E-state index contributed by atoms with van der Waals surface area (Å²) in [5.41, 5.74) is 6.48. The quantitative estimate of drug-likeness (QED) is 0.565. The van der Waals surface area contributed by atoms with Crippen LogP contribution in [0.4, 0.5) is 5.69 Å². The van der Waals surface area contributed by atoms with Crippen molar-refractivity contribution < 1.29 is 10.2 Å². The Balaban J connectivity index is 2.89. The van der Waals surface area contributed by atoms with Gasteiger partial charge in [-0.25, -0.2) is 0 Å². The number of alkyl halides is 1. The molecule has 1 rings (SSSR count). The molecular weight excluding hydrogens is 237 g/mol. The molecule has 0 saturated carbocycles. The number of hydrogen-bond acceptors (Lipinski definition) is 3. The molecule has 0 fully saturated rings. The molecule has 84 valence electrons. The maximum absolute atomic E-state index is 9.78. The second kappa shape index (κ2) is 5.56. The van der Waals surface area contributed by atoms with Crippen LogP contribution in [0, 0.1) is 0 Å². The Bertz CT molecular complexity index is 333. The topological polar surface area (TPSA) is 66.5 Å². The molecule has 1 aromatic rings. The first-order valence-corrected chi connectivity index (χ1v) is 5.44. The number of anilines is 1. The van der Waals surface area contributed by atoms with Crippen molar-refractivity contribution in [3.05, 3.63) is 28.8 Å². The fourth-order valence-corrected chi connectivity index (χ4v) is 1.72. The first-order chi connectivity index (χ1) is 7.06. The molecule has 2 atom stereocenters. The van der Waals surface area contributed by atoms with Crippen molar-refractivity contribution in [1.82, 2.24) is 0 Å². The predicted molar refractivity (Wildman–Crippen MR) is 62.2 cm³/mol. The normalized spacial score (nSPS) is 14.9. The zero-order valence-electron chi connectivity index (χ0n) is 8.03. The molecule has 0 heterocycles. The van der Waals surface area contributed by atoms with Gasteiger partial charge >= 0.3 is 0 Å². The van der Waals surface area contributed by atoms with Gasteiger partial charge in [0, 0.05) is 22.2 Å². The Morgan fingerprint density at radius 1 is 1.33 bits per heavy atom. The van der Waals surface area contributed by atoms with E-state index in [0.717, 1.165) is 0 Å². The number of nitrogen functional groups attached to an aromatic ring is 1. The van der Waals surface area contributed by atoms with Gasteiger partial charge in [-0.05, 0) is 24.6 Å². The van der Waals surface area contributed by atoms with E-state index in [0.29, 0.717) is 22.7 Å². The number of rotatable bonds is 4. The van der Waals surface area contributed by atoms with Gasteiger partial charge in [-0.15, -0.1) is 11.6 Å². The molecule has 0 amide bonds. The molecule has 5 heteroatoms. The van der Waals surface area contributed by atoms with Crippen LogP contribution in [0.15, 0.2) is 18.2 Å². The first kappa shape index (κ1) is 12.6. The summed E-state index contributed by atoms with van der Waals surface area (Å²) >= 11 is 11.3. The Labute approximate surface area is 98.4 Å². The summed E-state index contributed by atoms with van der Waals surface area (Å²) in [4.78, 5) is 0. The molecule has 4 N–H and O–H groups in total. The van der Waals surface area contributed by atoms with Crippen LogP contribution in [-0.2, 0) is 0 Å². The fraction of sp³-hybridized carbons (Fsp3) is 0.400. The van der Waals surface area contributed by atoms with E-state index < -0.39 is 12.2 Å². The lowest BCUT2D eigenvalue weighted by Gasteiger charge is -2.18. The van der Waals surface area contributed by atoms with E-state index in [1.807, 2.05) is 0 Å². The number of hydrogen-bond donors (Lipinski definition) is 3. The standard InChI is InChI=1S/C10H13Cl2NO2/c11-4-3-9(14)10(15)7-5-6(13)1-2-8(7)12/h1-2,5,9-10,14-15H,3-4,13H2. The van der Waals surface area contributed by atoms with Gasteiger partial charge in [0.15, 0.2) is 0 Å². The third-order valence-corrected chi connectivity index (χ3v) is 2.67. The summed E-state index contributed by atoms with van der Waals surface area (Å²) in [6.07, 6.45) is -1.69. The third-order valence-electron chi connectivity index (χ3n) is 2.11. The van der Waals surface area contributed by atoms with Crippen molar-refractivity contribution in [1.29, 1.82) is 0 Å². The molecule has 1 aromatic carbocycles. The summed E-state index contributed by atoms with van der Waals surface area (Å²) in [6.45, 7) is 0. The highest BCUT2D eigenvalue weighted by Gasteiger charge is 2.20. The zero-order valence-corrected chi connectivity index (χ0v) is 9.54. The van der Waals surface area contributed by atoms with Crippen LogP contribution in [0.3, 0.4) is 0 Å². The summed E-state index contributed by atoms with van der Waals surface area (Å²) < 4.78 is 0. The van der Waals surface area contributed by atoms with Crippen molar-refractivity contribution in [2.24, 2.45) is 0 Å². The van der Waals surface area contributed by atoms with E-state index in [1.54, 1.807) is 18.2 Å². The maximum atomic E-state index is 9.78. The Kier molecular flexibility index (Phi) is 4.67. The molecule has 0 aliphatic carbocycles. The SMILES string of the molecule is Nc1ccc(Cl)c(C(O)C(O)CCCl)c1. The minimum Gasteiger partial charge on any atom is -0.399 e. The van der Waals surface area contributed by atoms with Crippen LogP contribution in [0.1, 0.15) is 18.1 Å². The lowest BCUT2D eigenvalue weighted by atomic mass is 10.0. The van der Waals surface area contributed by atoms with Crippen LogP contribution in [0.25, 0.3) is 0 Å². The zero-order chi connectivity index (χ0) is 11.4. The van der Waals surface area contributed by atoms with Gasteiger partial charge in [0.05, 0.1) is 6.10 Å². The van der Waals surface area contributed by atoms with Crippen LogP contribution >= 0.6 is 23.2 Å². The second-order valence-corrected chi connectivity index (χ2v) is 4.06. The van der Waals surface area contributed by atoms with Gasteiger partial charge in [-0.3, -0.25) is 0 Å². The van der Waals surface area contributed by atoms with E-state index in [-0.39, 0.29) is 5.88 Å². The van der Waals surface area contributed by atoms with E-state index in [2.05, 4.69) is 0 Å². The molecule has 0 spiro atoms. The Hall–Kier alpha value is -0.480. The monoisotopic (exact) mass is 249 g/mol. The molecule has 0 radical (unpaired) electrons. The number of aliphatic hydroxyl groups is 2. The largest absolute Gasteiger partial charge is 0.399 e. The molecule has 0 aliphatic rings. The average molecular weight is 250 g/mol. The van der Waals surface area contributed by atoms with E-state index in [9.17, 15) is 10.2 Å². The molecular formula is C10H13Cl2NO2. The molecule has 0 saturated heterocycles. The van der Waals surface area contributed by atoms with Gasteiger partial charge in [-0.1, -0.05) is 11.6 Å². The van der Waals surface area contributed by atoms with Gasteiger partial charge in [-0.2, -0.15) is 0 Å². The van der Waals surface area contributed by atoms with Crippen molar-refractivity contribution in [3.8, 4) is 0 Å². The second-order valence-electron chi connectivity index (χ2n) is 3.27. The van der Waals surface area contributed by atoms with Crippen LogP contribution in [0.2, 0.25) is 5.02 Å². The van der Waals surface area contributed by atoms with Crippen molar-refractivity contribution in [2.45, 2.75) is 18.6 Å². The van der Waals surface area contributed by atoms with E-state index >= 15 is 0 Å². The number of benzene rings is 1. The summed E-state index contributed by atoms with van der Waals surface area (Å²) in [7, 11) is 0. The highest BCUT2D eigenvalue weighted by molar-refractivity contribution is 6.31. The van der Waals surface area contributed by atoms with Gasteiger partial charge in [0.1, 0.15) is 6.10 Å². The molecule has 15 heavy (non-hydrogen) atoms. The smallest absolute Gasteiger partial charge is 0.106 e.